The lowest BCUT2D eigenvalue weighted by Crippen LogP contribution is -1.93. The zero-order valence-corrected chi connectivity index (χ0v) is 28.1. The molecule has 0 aliphatic rings. The van der Waals surface area contributed by atoms with Crippen LogP contribution in [0.1, 0.15) is 0 Å². The molecule has 0 aliphatic carbocycles. The third-order valence-corrected chi connectivity index (χ3v) is 10.7. The first-order valence-corrected chi connectivity index (χ1v) is 17.7. The van der Waals surface area contributed by atoms with Gasteiger partial charge in [-0.1, -0.05) is 146 Å². The second-order valence-electron chi connectivity index (χ2n) is 13.5. The van der Waals surface area contributed by atoms with E-state index in [0.717, 1.165) is 44.1 Å². The van der Waals surface area contributed by atoms with E-state index < -0.39 is 0 Å². The van der Waals surface area contributed by atoms with Crippen LogP contribution in [-0.2, 0) is 0 Å². The topological polar surface area (TPSA) is 38.7 Å². The zero-order chi connectivity index (χ0) is 34.2. The van der Waals surface area contributed by atoms with Crippen LogP contribution in [0.3, 0.4) is 0 Å². The van der Waals surface area contributed by atoms with Crippen molar-refractivity contribution in [3.63, 3.8) is 0 Å². The van der Waals surface area contributed by atoms with Gasteiger partial charge in [0.25, 0.3) is 0 Å². The first kappa shape index (κ1) is 28.8. The molecule has 11 rings (SSSR count). The molecule has 8 aromatic carbocycles. The lowest BCUT2D eigenvalue weighted by Gasteiger charge is -2.17. The van der Waals surface area contributed by atoms with E-state index in [9.17, 15) is 0 Å². The Bertz CT molecular complexity index is 3240. The van der Waals surface area contributed by atoms with Crippen molar-refractivity contribution in [3.05, 3.63) is 176 Å². The van der Waals surface area contributed by atoms with Crippen molar-refractivity contribution in [3.8, 4) is 33.5 Å². The molecule has 0 saturated carbocycles. The highest BCUT2D eigenvalue weighted by Gasteiger charge is 2.18. The molecule has 3 heteroatoms. The van der Waals surface area contributed by atoms with Gasteiger partial charge in [0.15, 0.2) is 0 Å². The number of hydrogen-bond donors (Lipinski definition) is 0. The minimum absolute atomic E-state index is 0.926. The molecule has 0 saturated heterocycles. The van der Waals surface area contributed by atoms with Gasteiger partial charge in [0.2, 0.25) is 0 Å². The Hall–Kier alpha value is -6.97. The highest BCUT2D eigenvalue weighted by molar-refractivity contribution is 6.33. The summed E-state index contributed by atoms with van der Waals surface area (Å²) in [6, 6.07) is 58.8. The third kappa shape index (κ3) is 4.23. The van der Waals surface area contributed by atoms with Gasteiger partial charge >= 0.3 is 0 Å². The van der Waals surface area contributed by atoms with Gasteiger partial charge in [0.05, 0.1) is 22.2 Å². The van der Waals surface area contributed by atoms with Crippen molar-refractivity contribution < 1.29 is 0 Å². The summed E-state index contributed by atoms with van der Waals surface area (Å²) in [5.41, 5.74) is 9.68. The van der Waals surface area contributed by atoms with Crippen molar-refractivity contribution in [1.29, 1.82) is 0 Å². The summed E-state index contributed by atoms with van der Waals surface area (Å²) < 4.78 is 0. The SMILES string of the molecule is c1cnc2c(c1)ccc1c(-c3ccc(-c4ccc(-c5nc6ccccc6c6c7ccccc7c7ccccc7c56)cc4)c4ccccc34)ccnc12. The lowest BCUT2D eigenvalue weighted by atomic mass is 9.89. The van der Waals surface area contributed by atoms with Crippen molar-refractivity contribution in [2.24, 2.45) is 0 Å². The fourth-order valence-electron chi connectivity index (χ4n) is 8.42. The molecule has 0 spiro atoms. The Morgan fingerprint density at radius 2 is 0.885 bits per heavy atom. The van der Waals surface area contributed by atoms with Crippen LogP contribution in [0.2, 0.25) is 0 Å². The highest BCUT2D eigenvalue weighted by atomic mass is 14.7. The molecule has 3 nitrogen and oxygen atoms in total. The molecule has 0 amide bonds. The first-order valence-electron chi connectivity index (χ1n) is 17.7. The maximum Gasteiger partial charge on any atom is 0.0970 e. The summed E-state index contributed by atoms with van der Waals surface area (Å²) in [7, 11) is 0. The lowest BCUT2D eigenvalue weighted by molar-refractivity contribution is 1.37. The zero-order valence-electron chi connectivity index (χ0n) is 28.1. The van der Waals surface area contributed by atoms with Crippen LogP contribution in [0.4, 0.5) is 0 Å². The van der Waals surface area contributed by atoms with Crippen LogP contribution in [-0.4, -0.2) is 15.0 Å². The monoisotopic (exact) mass is 659 g/mol. The van der Waals surface area contributed by atoms with Gasteiger partial charge in [-0.2, -0.15) is 0 Å². The molecule has 240 valence electrons. The van der Waals surface area contributed by atoms with Gasteiger partial charge in [0.1, 0.15) is 0 Å². The standard InChI is InChI=1S/C49H29N3/c1-2-12-35-34(11-1)33(25-26-38(35)39-27-29-51-49-42(39)24-23-31-10-9-28-50-48(31)49)30-19-21-32(22-20-30)47-46-41-16-6-4-14-37(41)36-13-3-5-15-40(36)45(46)43-17-7-8-18-44(43)52-47/h1-29H. The summed E-state index contributed by atoms with van der Waals surface area (Å²) in [4.78, 5) is 14.8. The number of fused-ring (bicyclic) bond motifs is 12. The summed E-state index contributed by atoms with van der Waals surface area (Å²) in [5, 5.41) is 13.2. The largest absolute Gasteiger partial charge is 0.254 e. The molecule has 0 atom stereocenters. The molecule has 0 bridgehead atoms. The van der Waals surface area contributed by atoms with Crippen LogP contribution in [0.15, 0.2) is 176 Å². The van der Waals surface area contributed by atoms with Crippen LogP contribution in [0.25, 0.3) is 109 Å². The highest BCUT2D eigenvalue weighted by Crippen LogP contribution is 2.44. The molecule has 52 heavy (non-hydrogen) atoms. The molecule has 0 unspecified atom stereocenters. The Kier molecular flexibility index (Phi) is 6.25. The van der Waals surface area contributed by atoms with Gasteiger partial charge in [-0.15, -0.1) is 0 Å². The Balaban J connectivity index is 1.10. The molecule has 3 heterocycles. The maximum atomic E-state index is 5.36. The van der Waals surface area contributed by atoms with E-state index in [1.54, 1.807) is 0 Å². The van der Waals surface area contributed by atoms with E-state index in [4.69, 9.17) is 9.97 Å². The fraction of sp³-hybridized carbons (Fsp3) is 0. The number of pyridine rings is 3. The molecule has 0 N–H and O–H groups in total. The van der Waals surface area contributed by atoms with Gasteiger partial charge < -0.3 is 0 Å². The number of hydrogen-bond acceptors (Lipinski definition) is 3. The molecule has 0 fully saturated rings. The van der Waals surface area contributed by atoms with E-state index in [2.05, 4.69) is 163 Å². The molecule has 11 aromatic rings. The second kappa shape index (κ2) is 11.3. The molecule has 0 radical (unpaired) electrons. The summed E-state index contributed by atoms with van der Waals surface area (Å²) in [5.74, 6) is 0. The number of para-hydroxylation sites is 1. The van der Waals surface area contributed by atoms with E-state index in [0.29, 0.717) is 0 Å². The number of benzene rings is 8. The predicted molar refractivity (Wildman–Crippen MR) is 219 cm³/mol. The molecular formula is C49H29N3. The van der Waals surface area contributed by atoms with Crippen molar-refractivity contribution in [2.75, 3.05) is 0 Å². The summed E-state index contributed by atoms with van der Waals surface area (Å²) in [6.07, 6.45) is 3.75. The van der Waals surface area contributed by atoms with Crippen LogP contribution in [0, 0.1) is 0 Å². The number of aromatic nitrogens is 3. The number of nitrogens with zero attached hydrogens (tertiary/aromatic N) is 3. The molecular weight excluding hydrogens is 631 g/mol. The van der Waals surface area contributed by atoms with Crippen LogP contribution in [0.5, 0.6) is 0 Å². The second-order valence-corrected chi connectivity index (χ2v) is 13.5. The molecule has 0 aliphatic heterocycles. The first-order chi connectivity index (χ1) is 25.8. The Morgan fingerprint density at radius 1 is 0.308 bits per heavy atom. The van der Waals surface area contributed by atoms with Gasteiger partial charge in [-0.25, -0.2) is 4.98 Å². The van der Waals surface area contributed by atoms with Gasteiger partial charge in [-0.05, 0) is 72.8 Å². The van der Waals surface area contributed by atoms with Crippen molar-refractivity contribution in [2.45, 2.75) is 0 Å². The van der Waals surface area contributed by atoms with E-state index >= 15 is 0 Å². The third-order valence-electron chi connectivity index (χ3n) is 10.7. The van der Waals surface area contributed by atoms with Gasteiger partial charge in [-0.3, -0.25) is 9.97 Å². The quantitative estimate of drug-likeness (QED) is 0.177. The van der Waals surface area contributed by atoms with E-state index in [1.807, 2.05) is 18.5 Å². The number of rotatable bonds is 3. The van der Waals surface area contributed by atoms with Crippen molar-refractivity contribution in [1.82, 2.24) is 15.0 Å². The average Bonchev–Trinajstić information content (AvgIpc) is 3.22. The minimum Gasteiger partial charge on any atom is -0.254 e. The van der Waals surface area contributed by atoms with Crippen LogP contribution >= 0.6 is 0 Å². The van der Waals surface area contributed by atoms with Crippen LogP contribution < -0.4 is 0 Å². The summed E-state index contributed by atoms with van der Waals surface area (Å²) >= 11 is 0. The Morgan fingerprint density at radius 3 is 1.65 bits per heavy atom. The van der Waals surface area contributed by atoms with E-state index in [1.165, 1.54) is 65.2 Å². The maximum absolute atomic E-state index is 5.36. The predicted octanol–water partition coefficient (Wildman–Crippen LogP) is 12.9. The fourth-order valence-corrected chi connectivity index (χ4v) is 8.42. The summed E-state index contributed by atoms with van der Waals surface area (Å²) in [6.45, 7) is 0. The van der Waals surface area contributed by atoms with Crippen molar-refractivity contribution >= 4 is 75.8 Å². The average molecular weight is 660 g/mol. The normalized spacial score (nSPS) is 11.8. The van der Waals surface area contributed by atoms with E-state index in [-0.39, 0.29) is 0 Å². The molecule has 3 aromatic heterocycles. The Labute approximate surface area is 299 Å². The van der Waals surface area contributed by atoms with Gasteiger partial charge in [0, 0.05) is 44.9 Å². The smallest absolute Gasteiger partial charge is 0.0970 e. The minimum atomic E-state index is 0.926.